The Kier molecular flexibility index (Phi) is 3.57. The Morgan fingerprint density at radius 2 is 1.78 bits per heavy atom. The lowest BCUT2D eigenvalue weighted by Gasteiger charge is -2.31. The molecule has 0 unspecified atom stereocenters. The first-order chi connectivity index (χ1) is 11.0. The van der Waals surface area contributed by atoms with Gasteiger partial charge >= 0.3 is 6.09 Å². The average Bonchev–Trinajstić information content (AvgIpc) is 3.10. The molecular weight excluding hydrogens is 300 g/mol. The Hall–Kier alpha value is -3.16. The summed E-state index contributed by atoms with van der Waals surface area (Å²) in [4.78, 5) is 46.2. The number of hydrogen-bond donors (Lipinski definition) is 0. The van der Waals surface area contributed by atoms with Gasteiger partial charge in [0.1, 0.15) is 6.33 Å². The number of imidazole rings is 1. The van der Waals surface area contributed by atoms with Crippen molar-refractivity contribution in [1.82, 2.24) is 19.7 Å². The van der Waals surface area contributed by atoms with Crippen LogP contribution in [-0.4, -0.2) is 43.7 Å². The zero-order valence-electron chi connectivity index (χ0n) is 12.5. The second-order valence-electron chi connectivity index (χ2n) is 5.19. The van der Waals surface area contributed by atoms with Crippen molar-refractivity contribution in [2.24, 2.45) is 0 Å². The SMILES string of the molecule is CC(C)N(C(=O)On1ccnc1)N1C(=O)c2ccccc2C1=O. The fourth-order valence-corrected chi connectivity index (χ4v) is 2.33. The summed E-state index contributed by atoms with van der Waals surface area (Å²) in [5.41, 5.74) is 0.525. The molecule has 3 rings (SSSR count). The Bertz CT molecular complexity index is 735. The summed E-state index contributed by atoms with van der Waals surface area (Å²) in [5.74, 6) is -1.11. The van der Waals surface area contributed by atoms with E-state index in [1.165, 1.54) is 18.7 Å². The van der Waals surface area contributed by atoms with E-state index < -0.39 is 23.9 Å². The van der Waals surface area contributed by atoms with Crippen molar-refractivity contribution in [3.63, 3.8) is 0 Å². The van der Waals surface area contributed by atoms with E-state index >= 15 is 0 Å². The van der Waals surface area contributed by atoms with Gasteiger partial charge in [0.15, 0.2) is 0 Å². The zero-order valence-corrected chi connectivity index (χ0v) is 12.5. The molecule has 0 saturated carbocycles. The van der Waals surface area contributed by atoms with E-state index in [0.717, 1.165) is 14.7 Å². The minimum atomic E-state index is -0.854. The van der Waals surface area contributed by atoms with Crippen molar-refractivity contribution in [3.05, 3.63) is 54.1 Å². The van der Waals surface area contributed by atoms with Gasteiger partial charge in [-0.1, -0.05) is 12.1 Å². The normalized spacial score (nSPS) is 13.4. The number of benzene rings is 1. The predicted molar refractivity (Wildman–Crippen MR) is 78.1 cm³/mol. The molecule has 8 nitrogen and oxygen atoms in total. The van der Waals surface area contributed by atoms with Gasteiger partial charge in [-0.25, -0.2) is 14.8 Å². The summed E-state index contributed by atoms with van der Waals surface area (Å²) in [6.07, 6.45) is 3.31. The van der Waals surface area contributed by atoms with Crippen molar-refractivity contribution in [2.75, 3.05) is 0 Å². The van der Waals surface area contributed by atoms with Crippen LogP contribution < -0.4 is 4.84 Å². The molecule has 8 heteroatoms. The van der Waals surface area contributed by atoms with E-state index in [4.69, 9.17) is 4.84 Å². The number of amides is 3. The summed E-state index contributed by atoms with van der Waals surface area (Å²) in [6, 6.07) is 5.96. The fourth-order valence-electron chi connectivity index (χ4n) is 2.33. The minimum Gasteiger partial charge on any atom is -0.315 e. The van der Waals surface area contributed by atoms with Crippen LogP contribution >= 0.6 is 0 Å². The molecule has 0 radical (unpaired) electrons. The molecule has 0 bridgehead atoms. The van der Waals surface area contributed by atoms with Gasteiger partial charge in [0, 0.05) is 6.20 Å². The number of nitrogens with zero attached hydrogens (tertiary/aromatic N) is 4. The van der Waals surface area contributed by atoms with Gasteiger partial charge in [0.25, 0.3) is 11.8 Å². The van der Waals surface area contributed by atoms with E-state index in [1.807, 2.05) is 0 Å². The molecule has 0 N–H and O–H groups in total. The predicted octanol–water partition coefficient (Wildman–Crippen LogP) is 1.35. The first-order valence-corrected chi connectivity index (χ1v) is 6.98. The number of rotatable bonds is 3. The van der Waals surface area contributed by atoms with Gasteiger partial charge in [-0.15, -0.1) is 0 Å². The average molecular weight is 314 g/mol. The Morgan fingerprint density at radius 1 is 1.17 bits per heavy atom. The third-order valence-electron chi connectivity index (χ3n) is 3.33. The lowest BCUT2D eigenvalue weighted by Crippen LogP contribution is -2.54. The highest BCUT2D eigenvalue weighted by molar-refractivity contribution is 6.21. The third-order valence-corrected chi connectivity index (χ3v) is 3.33. The largest absolute Gasteiger partial charge is 0.454 e. The summed E-state index contributed by atoms with van der Waals surface area (Å²) in [6.45, 7) is 3.36. The summed E-state index contributed by atoms with van der Waals surface area (Å²) in [5, 5.41) is 1.80. The fraction of sp³-hybridized carbons (Fsp3) is 0.200. The van der Waals surface area contributed by atoms with Crippen molar-refractivity contribution in [3.8, 4) is 0 Å². The second kappa shape index (κ2) is 5.56. The molecule has 0 saturated heterocycles. The van der Waals surface area contributed by atoms with Crippen molar-refractivity contribution >= 4 is 17.9 Å². The monoisotopic (exact) mass is 314 g/mol. The molecule has 0 fully saturated rings. The highest BCUT2D eigenvalue weighted by Gasteiger charge is 2.43. The van der Waals surface area contributed by atoms with Crippen LogP contribution in [0, 0.1) is 0 Å². The van der Waals surface area contributed by atoms with Crippen LogP contribution in [0.4, 0.5) is 4.79 Å². The maximum atomic E-state index is 12.5. The second-order valence-corrected chi connectivity index (χ2v) is 5.19. The molecule has 0 spiro atoms. The van der Waals surface area contributed by atoms with Crippen LogP contribution in [0.1, 0.15) is 34.6 Å². The van der Waals surface area contributed by atoms with Crippen LogP contribution in [0.25, 0.3) is 0 Å². The standard InChI is InChI=1S/C15H14N4O4/c1-10(2)18(15(22)23-17-8-7-16-9-17)19-13(20)11-5-3-4-6-12(11)14(19)21/h3-10H,1-2H3. The van der Waals surface area contributed by atoms with Gasteiger partial charge in [0.05, 0.1) is 23.4 Å². The molecule has 1 aliphatic heterocycles. The number of hydrazine groups is 1. The van der Waals surface area contributed by atoms with Crippen molar-refractivity contribution in [1.29, 1.82) is 0 Å². The first kappa shape index (κ1) is 14.8. The van der Waals surface area contributed by atoms with Gasteiger partial charge in [-0.3, -0.25) is 9.59 Å². The number of imide groups is 1. The molecule has 1 aliphatic rings. The van der Waals surface area contributed by atoms with Crippen LogP contribution in [0.5, 0.6) is 0 Å². The quantitative estimate of drug-likeness (QED) is 0.798. The van der Waals surface area contributed by atoms with Gasteiger partial charge in [0.2, 0.25) is 0 Å². The molecule has 118 valence electrons. The van der Waals surface area contributed by atoms with Crippen molar-refractivity contribution < 1.29 is 19.2 Å². The molecule has 23 heavy (non-hydrogen) atoms. The number of carbonyl (C=O) groups excluding carboxylic acids is 3. The molecule has 0 aliphatic carbocycles. The van der Waals surface area contributed by atoms with Crippen LogP contribution in [0.15, 0.2) is 43.0 Å². The topological polar surface area (TPSA) is 84.7 Å². The lowest BCUT2D eigenvalue weighted by molar-refractivity contribution is -0.0168. The molecule has 3 amide bonds. The molecule has 1 aromatic carbocycles. The first-order valence-electron chi connectivity index (χ1n) is 6.98. The smallest absolute Gasteiger partial charge is 0.315 e. The maximum Gasteiger partial charge on any atom is 0.454 e. The van der Waals surface area contributed by atoms with Gasteiger partial charge < -0.3 is 4.84 Å². The van der Waals surface area contributed by atoms with E-state index in [0.29, 0.717) is 0 Å². The summed E-state index contributed by atoms with van der Waals surface area (Å²) < 4.78 is 1.09. The van der Waals surface area contributed by atoms with Gasteiger partial charge in [-0.2, -0.15) is 9.74 Å². The molecular formula is C15H14N4O4. The van der Waals surface area contributed by atoms with Crippen molar-refractivity contribution in [2.45, 2.75) is 19.9 Å². The maximum absolute atomic E-state index is 12.5. The Balaban J connectivity index is 1.92. The van der Waals surface area contributed by atoms with E-state index in [1.54, 1.807) is 38.1 Å². The highest BCUT2D eigenvalue weighted by atomic mass is 16.7. The number of hydrogen-bond acceptors (Lipinski definition) is 5. The molecule has 1 aromatic heterocycles. The van der Waals surface area contributed by atoms with E-state index in [2.05, 4.69) is 4.98 Å². The van der Waals surface area contributed by atoms with Crippen LogP contribution in [0.2, 0.25) is 0 Å². The zero-order chi connectivity index (χ0) is 16.6. The molecule has 2 aromatic rings. The third kappa shape index (κ3) is 2.44. The minimum absolute atomic E-state index is 0.263. The lowest BCUT2D eigenvalue weighted by atomic mass is 10.1. The summed E-state index contributed by atoms with van der Waals surface area (Å²) in [7, 11) is 0. The molecule has 2 heterocycles. The van der Waals surface area contributed by atoms with Crippen LogP contribution in [0.3, 0.4) is 0 Å². The van der Waals surface area contributed by atoms with Crippen LogP contribution in [-0.2, 0) is 0 Å². The number of carbonyl (C=O) groups is 3. The Labute approximate surface area is 131 Å². The highest BCUT2D eigenvalue weighted by Crippen LogP contribution is 2.25. The van der Waals surface area contributed by atoms with E-state index in [9.17, 15) is 14.4 Å². The molecule has 0 atom stereocenters. The van der Waals surface area contributed by atoms with Gasteiger partial charge in [-0.05, 0) is 26.0 Å². The number of aromatic nitrogens is 2. The van der Waals surface area contributed by atoms with E-state index in [-0.39, 0.29) is 11.1 Å². The Morgan fingerprint density at radius 3 is 2.26 bits per heavy atom. The summed E-state index contributed by atoms with van der Waals surface area (Å²) >= 11 is 0. The number of fused-ring (bicyclic) bond motifs is 1.